The van der Waals surface area contributed by atoms with Crippen LogP contribution in [0.2, 0.25) is 0 Å². The third kappa shape index (κ3) is 2.73. The van der Waals surface area contributed by atoms with Crippen molar-refractivity contribution in [2.75, 3.05) is 11.9 Å². The predicted molar refractivity (Wildman–Crippen MR) is 55.7 cm³/mol. The lowest BCUT2D eigenvalue weighted by molar-refractivity contribution is -0.123. The highest BCUT2D eigenvalue weighted by atomic mass is 19.1. The zero-order valence-electron chi connectivity index (χ0n) is 8.75. The molecular weight excluding hydrogens is 197 g/mol. The summed E-state index contributed by atoms with van der Waals surface area (Å²) in [7, 11) is 0. The molecule has 3 N–H and O–H groups in total. The van der Waals surface area contributed by atoms with Gasteiger partial charge in [0.15, 0.2) is 5.82 Å². The second-order valence-corrected chi connectivity index (χ2v) is 3.90. The molecule has 0 atom stereocenters. The summed E-state index contributed by atoms with van der Waals surface area (Å²) in [6, 6.07) is 1.40. The van der Waals surface area contributed by atoms with Crippen molar-refractivity contribution in [3.63, 3.8) is 0 Å². The molecule has 4 nitrogen and oxygen atoms in total. The Morgan fingerprint density at radius 1 is 1.67 bits per heavy atom. The minimum absolute atomic E-state index is 0.122. The van der Waals surface area contributed by atoms with E-state index in [-0.39, 0.29) is 18.1 Å². The Hall–Kier alpha value is -1.49. The van der Waals surface area contributed by atoms with Crippen molar-refractivity contribution in [1.82, 2.24) is 4.98 Å². The van der Waals surface area contributed by atoms with Crippen LogP contribution in [-0.2, 0) is 4.79 Å². The largest absolute Gasteiger partial charge is 0.329 e. The average Bonchev–Trinajstić information content (AvgIpc) is 2.21. The summed E-state index contributed by atoms with van der Waals surface area (Å²) in [5.74, 6) is -0.867. The minimum Gasteiger partial charge on any atom is -0.329 e. The van der Waals surface area contributed by atoms with Crippen LogP contribution in [-0.4, -0.2) is 17.4 Å². The average molecular weight is 211 g/mol. The summed E-state index contributed by atoms with van der Waals surface area (Å²) in [6.07, 6.45) is 2.46. The lowest BCUT2D eigenvalue weighted by Crippen LogP contribution is -2.37. The van der Waals surface area contributed by atoms with Crippen molar-refractivity contribution >= 4 is 11.6 Å². The first-order chi connectivity index (χ1) is 6.97. The molecule has 0 spiro atoms. The zero-order valence-corrected chi connectivity index (χ0v) is 8.75. The summed E-state index contributed by atoms with van der Waals surface area (Å²) < 4.78 is 13.1. The number of carbonyl (C=O) groups is 1. The molecule has 0 fully saturated rings. The van der Waals surface area contributed by atoms with Crippen molar-refractivity contribution in [2.24, 2.45) is 11.1 Å². The van der Waals surface area contributed by atoms with E-state index in [1.807, 2.05) is 0 Å². The number of carbonyl (C=O) groups excluding carboxylic acids is 1. The quantitative estimate of drug-likeness (QED) is 0.787. The lowest BCUT2D eigenvalue weighted by atomic mass is 9.92. The van der Waals surface area contributed by atoms with E-state index in [2.05, 4.69) is 10.3 Å². The number of rotatable bonds is 3. The molecule has 0 saturated carbocycles. The first kappa shape index (κ1) is 11.6. The number of halogens is 1. The van der Waals surface area contributed by atoms with Crippen LogP contribution in [0.25, 0.3) is 0 Å². The Balaban J connectivity index is 2.80. The molecule has 1 aromatic heterocycles. The lowest BCUT2D eigenvalue weighted by Gasteiger charge is -2.21. The van der Waals surface area contributed by atoms with Gasteiger partial charge in [-0.1, -0.05) is 0 Å². The normalized spacial score (nSPS) is 11.2. The van der Waals surface area contributed by atoms with Gasteiger partial charge in [0, 0.05) is 12.7 Å². The minimum atomic E-state index is -0.713. The number of hydrogen-bond acceptors (Lipinski definition) is 3. The maximum absolute atomic E-state index is 13.1. The molecule has 5 heteroatoms. The van der Waals surface area contributed by atoms with Gasteiger partial charge in [-0.3, -0.25) is 9.78 Å². The van der Waals surface area contributed by atoms with E-state index in [4.69, 9.17) is 5.73 Å². The van der Waals surface area contributed by atoms with E-state index in [1.165, 1.54) is 12.3 Å². The molecule has 0 aliphatic heterocycles. The van der Waals surface area contributed by atoms with Gasteiger partial charge >= 0.3 is 0 Å². The monoisotopic (exact) mass is 211 g/mol. The van der Waals surface area contributed by atoms with Crippen molar-refractivity contribution in [3.05, 3.63) is 24.3 Å². The molecule has 0 unspecified atom stereocenters. The molecule has 15 heavy (non-hydrogen) atoms. The molecule has 1 rings (SSSR count). The van der Waals surface area contributed by atoms with Gasteiger partial charge in [0.2, 0.25) is 5.91 Å². The van der Waals surface area contributed by atoms with Crippen LogP contribution in [0.5, 0.6) is 0 Å². The highest BCUT2D eigenvalue weighted by molar-refractivity contribution is 5.94. The number of aromatic nitrogens is 1. The summed E-state index contributed by atoms with van der Waals surface area (Å²) in [4.78, 5) is 15.2. The zero-order chi connectivity index (χ0) is 11.5. The Morgan fingerprint density at radius 2 is 2.33 bits per heavy atom. The molecule has 0 radical (unpaired) electrons. The van der Waals surface area contributed by atoms with Crippen molar-refractivity contribution in [3.8, 4) is 0 Å². The van der Waals surface area contributed by atoms with Crippen molar-refractivity contribution in [1.29, 1.82) is 0 Å². The number of amides is 1. The van der Waals surface area contributed by atoms with E-state index in [0.29, 0.717) is 0 Å². The molecule has 1 aromatic rings. The maximum Gasteiger partial charge on any atom is 0.231 e. The van der Waals surface area contributed by atoms with E-state index >= 15 is 0 Å². The standard InChI is InChI=1S/C10H14FN3O/c1-10(2,6-12)9(15)14-8-3-4-13-5-7(8)11/h3-5H,6,12H2,1-2H3,(H,13,14,15). The summed E-state index contributed by atoms with van der Waals surface area (Å²) >= 11 is 0. The molecule has 82 valence electrons. The van der Waals surface area contributed by atoms with Crippen LogP contribution in [0, 0.1) is 11.2 Å². The van der Waals surface area contributed by atoms with Crippen LogP contribution in [0.15, 0.2) is 18.5 Å². The van der Waals surface area contributed by atoms with E-state index in [9.17, 15) is 9.18 Å². The summed E-state index contributed by atoms with van der Waals surface area (Å²) in [5, 5.41) is 2.47. The summed E-state index contributed by atoms with van der Waals surface area (Å²) in [5.41, 5.74) is 4.84. The van der Waals surface area contributed by atoms with E-state index in [1.54, 1.807) is 13.8 Å². The fraction of sp³-hybridized carbons (Fsp3) is 0.400. The second-order valence-electron chi connectivity index (χ2n) is 3.90. The van der Waals surface area contributed by atoms with Crippen LogP contribution >= 0.6 is 0 Å². The third-order valence-electron chi connectivity index (χ3n) is 2.15. The number of nitrogens with two attached hydrogens (primary N) is 1. The SMILES string of the molecule is CC(C)(CN)C(=O)Nc1ccncc1F. The van der Waals surface area contributed by atoms with Gasteiger partial charge < -0.3 is 11.1 Å². The number of hydrogen-bond donors (Lipinski definition) is 2. The van der Waals surface area contributed by atoms with Gasteiger partial charge in [-0.25, -0.2) is 4.39 Å². The van der Waals surface area contributed by atoms with Gasteiger partial charge in [0.05, 0.1) is 17.3 Å². The van der Waals surface area contributed by atoms with Gasteiger partial charge in [-0.2, -0.15) is 0 Å². The number of nitrogens with zero attached hydrogens (tertiary/aromatic N) is 1. The first-order valence-electron chi connectivity index (χ1n) is 4.58. The van der Waals surface area contributed by atoms with Crippen LogP contribution in [0.1, 0.15) is 13.8 Å². The Kier molecular flexibility index (Phi) is 3.36. The number of anilines is 1. The molecule has 0 aromatic carbocycles. The fourth-order valence-electron chi connectivity index (χ4n) is 0.861. The fourth-order valence-corrected chi connectivity index (χ4v) is 0.861. The van der Waals surface area contributed by atoms with Crippen molar-refractivity contribution in [2.45, 2.75) is 13.8 Å². The Morgan fingerprint density at radius 3 is 2.87 bits per heavy atom. The van der Waals surface area contributed by atoms with Crippen LogP contribution in [0.4, 0.5) is 10.1 Å². The highest BCUT2D eigenvalue weighted by Gasteiger charge is 2.26. The maximum atomic E-state index is 13.1. The van der Waals surface area contributed by atoms with Gasteiger partial charge in [0.25, 0.3) is 0 Å². The van der Waals surface area contributed by atoms with Gasteiger partial charge in [0.1, 0.15) is 0 Å². The van der Waals surface area contributed by atoms with Gasteiger partial charge in [-0.15, -0.1) is 0 Å². The van der Waals surface area contributed by atoms with Crippen molar-refractivity contribution < 1.29 is 9.18 Å². The molecule has 0 aliphatic rings. The topological polar surface area (TPSA) is 68.0 Å². The molecule has 0 bridgehead atoms. The molecule has 0 saturated heterocycles. The highest BCUT2D eigenvalue weighted by Crippen LogP contribution is 2.18. The Labute approximate surface area is 87.7 Å². The third-order valence-corrected chi connectivity index (χ3v) is 2.15. The molecular formula is C10H14FN3O. The number of nitrogens with one attached hydrogen (secondary N) is 1. The second kappa shape index (κ2) is 4.35. The van der Waals surface area contributed by atoms with Crippen LogP contribution in [0.3, 0.4) is 0 Å². The number of pyridine rings is 1. The Bertz CT molecular complexity index is 365. The van der Waals surface area contributed by atoms with Gasteiger partial charge in [-0.05, 0) is 19.9 Å². The smallest absolute Gasteiger partial charge is 0.231 e. The van der Waals surface area contributed by atoms with Crippen LogP contribution < -0.4 is 11.1 Å². The molecule has 0 aliphatic carbocycles. The molecule has 1 amide bonds. The predicted octanol–water partition coefficient (Wildman–Crippen LogP) is 1.14. The van der Waals surface area contributed by atoms with E-state index in [0.717, 1.165) is 6.20 Å². The molecule has 1 heterocycles. The van der Waals surface area contributed by atoms with E-state index < -0.39 is 11.2 Å². The summed E-state index contributed by atoms with van der Waals surface area (Å²) in [6.45, 7) is 3.59. The first-order valence-corrected chi connectivity index (χ1v) is 4.58.